The Bertz CT molecular complexity index is 935. The molecule has 0 spiro atoms. The molecule has 6 nitrogen and oxygen atoms in total. The van der Waals surface area contributed by atoms with Crippen LogP contribution in [0.15, 0.2) is 28.8 Å². The number of alkyl halides is 3. The number of aromatic nitrogens is 3. The predicted molar refractivity (Wildman–Crippen MR) is 87.8 cm³/mol. The molecule has 136 valence electrons. The normalized spacial score (nSPS) is 15.6. The van der Waals surface area contributed by atoms with Gasteiger partial charge in [-0.2, -0.15) is 13.2 Å². The second kappa shape index (κ2) is 6.24. The lowest BCUT2D eigenvalue weighted by atomic mass is 10.1. The van der Waals surface area contributed by atoms with Gasteiger partial charge in [0.1, 0.15) is 22.6 Å². The van der Waals surface area contributed by atoms with Crippen molar-refractivity contribution in [1.82, 2.24) is 15.0 Å². The van der Waals surface area contributed by atoms with Crippen molar-refractivity contribution in [2.75, 3.05) is 31.2 Å². The minimum Gasteiger partial charge on any atom is -0.448 e. The summed E-state index contributed by atoms with van der Waals surface area (Å²) in [6.07, 6.45) is -3.22. The van der Waals surface area contributed by atoms with E-state index in [2.05, 4.69) is 15.0 Å². The summed E-state index contributed by atoms with van der Waals surface area (Å²) in [5.41, 5.74) is -1.05. The van der Waals surface area contributed by atoms with Crippen LogP contribution in [0.1, 0.15) is 11.4 Å². The van der Waals surface area contributed by atoms with Gasteiger partial charge in [-0.1, -0.05) is 6.07 Å². The summed E-state index contributed by atoms with van der Waals surface area (Å²) in [5, 5.41) is 0. The number of anilines is 1. The van der Waals surface area contributed by atoms with Crippen molar-refractivity contribution in [3.05, 3.63) is 35.8 Å². The molecule has 4 rings (SSSR count). The third-order valence-corrected chi connectivity index (χ3v) is 4.12. The predicted octanol–water partition coefficient (Wildman–Crippen LogP) is 3.45. The van der Waals surface area contributed by atoms with Crippen LogP contribution in [0.4, 0.5) is 19.0 Å². The molecule has 0 saturated carbocycles. The molecule has 1 saturated heterocycles. The van der Waals surface area contributed by atoms with Crippen LogP contribution in [-0.4, -0.2) is 41.3 Å². The van der Waals surface area contributed by atoms with E-state index in [-0.39, 0.29) is 28.4 Å². The van der Waals surface area contributed by atoms with Gasteiger partial charge in [-0.15, -0.1) is 0 Å². The first-order valence-electron chi connectivity index (χ1n) is 8.07. The van der Waals surface area contributed by atoms with Gasteiger partial charge in [0.2, 0.25) is 0 Å². The SMILES string of the molecule is Cc1nc(N2CCOCC2)c2oc(-c3ccccn3)c(C(F)(F)F)c2n1. The van der Waals surface area contributed by atoms with Gasteiger partial charge in [-0.05, 0) is 19.1 Å². The molecular weight excluding hydrogens is 349 g/mol. The van der Waals surface area contributed by atoms with E-state index in [9.17, 15) is 13.2 Å². The zero-order valence-electron chi connectivity index (χ0n) is 13.9. The van der Waals surface area contributed by atoms with Gasteiger partial charge in [-0.3, -0.25) is 4.98 Å². The van der Waals surface area contributed by atoms with Gasteiger partial charge in [0, 0.05) is 19.3 Å². The zero-order valence-corrected chi connectivity index (χ0v) is 13.9. The highest BCUT2D eigenvalue weighted by Crippen LogP contribution is 2.44. The van der Waals surface area contributed by atoms with Crippen LogP contribution in [0.5, 0.6) is 0 Å². The maximum absolute atomic E-state index is 13.8. The van der Waals surface area contributed by atoms with Crippen LogP contribution in [0.3, 0.4) is 0 Å². The number of morpholine rings is 1. The summed E-state index contributed by atoms with van der Waals surface area (Å²) >= 11 is 0. The van der Waals surface area contributed by atoms with E-state index in [1.165, 1.54) is 12.3 Å². The highest BCUT2D eigenvalue weighted by Gasteiger charge is 2.41. The maximum atomic E-state index is 13.8. The second-order valence-corrected chi connectivity index (χ2v) is 5.89. The Kier molecular flexibility index (Phi) is 4.03. The average molecular weight is 364 g/mol. The first-order chi connectivity index (χ1) is 12.4. The van der Waals surface area contributed by atoms with E-state index in [4.69, 9.17) is 9.15 Å². The summed E-state index contributed by atoms with van der Waals surface area (Å²) < 4.78 is 52.4. The lowest BCUT2D eigenvalue weighted by molar-refractivity contribution is -0.136. The Morgan fingerprint density at radius 3 is 2.54 bits per heavy atom. The van der Waals surface area contributed by atoms with Crippen LogP contribution in [0, 0.1) is 6.92 Å². The fourth-order valence-electron chi connectivity index (χ4n) is 3.00. The molecule has 4 heterocycles. The summed E-state index contributed by atoms with van der Waals surface area (Å²) in [7, 11) is 0. The topological polar surface area (TPSA) is 64.3 Å². The number of ether oxygens (including phenoxy) is 1. The number of aryl methyl sites for hydroxylation is 1. The molecule has 0 aromatic carbocycles. The molecule has 0 radical (unpaired) electrons. The Morgan fingerprint density at radius 1 is 1.12 bits per heavy atom. The molecule has 0 bridgehead atoms. The van der Waals surface area contributed by atoms with Crippen molar-refractivity contribution in [3.63, 3.8) is 0 Å². The molecule has 0 amide bonds. The molecule has 0 unspecified atom stereocenters. The average Bonchev–Trinajstić information content (AvgIpc) is 3.02. The molecule has 1 fully saturated rings. The fourth-order valence-corrected chi connectivity index (χ4v) is 3.00. The van der Waals surface area contributed by atoms with Crippen molar-refractivity contribution >= 4 is 16.9 Å². The first kappa shape index (κ1) is 16.8. The number of hydrogen-bond acceptors (Lipinski definition) is 6. The number of halogens is 3. The van der Waals surface area contributed by atoms with Gasteiger partial charge in [0.25, 0.3) is 0 Å². The smallest absolute Gasteiger partial charge is 0.422 e. The Labute approximate surface area is 146 Å². The van der Waals surface area contributed by atoms with Crippen molar-refractivity contribution in [2.45, 2.75) is 13.1 Å². The number of furan rings is 1. The molecule has 0 aliphatic carbocycles. The molecule has 3 aromatic heterocycles. The van der Waals surface area contributed by atoms with Crippen LogP contribution in [0.2, 0.25) is 0 Å². The molecule has 26 heavy (non-hydrogen) atoms. The molecule has 9 heteroatoms. The Balaban J connectivity index is 2.00. The third-order valence-electron chi connectivity index (χ3n) is 4.12. The summed E-state index contributed by atoms with van der Waals surface area (Å²) in [6, 6.07) is 4.71. The lowest BCUT2D eigenvalue weighted by Gasteiger charge is -2.27. The lowest BCUT2D eigenvalue weighted by Crippen LogP contribution is -2.37. The number of rotatable bonds is 2. The highest BCUT2D eigenvalue weighted by atomic mass is 19.4. The van der Waals surface area contributed by atoms with Gasteiger partial charge >= 0.3 is 6.18 Å². The third kappa shape index (κ3) is 2.88. The molecule has 0 N–H and O–H groups in total. The van der Waals surface area contributed by atoms with E-state index >= 15 is 0 Å². The minimum absolute atomic E-state index is 0.0190. The van der Waals surface area contributed by atoms with Gasteiger partial charge in [-0.25, -0.2) is 9.97 Å². The van der Waals surface area contributed by atoms with Crippen molar-refractivity contribution in [1.29, 1.82) is 0 Å². The van der Waals surface area contributed by atoms with E-state index in [0.717, 1.165) is 0 Å². The van der Waals surface area contributed by atoms with E-state index in [1.54, 1.807) is 19.1 Å². The van der Waals surface area contributed by atoms with Crippen LogP contribution in [0.25, 0.3) is 22.6 Å². The number of fused-ring (bicyclic) bond motifs is 1. The van der Waals surface area contributed by atoms with Gasteiger partial charge in [0.05, 0.1) is 13.2 Å². The van der Waals surface area contributed by atoms with E-state index in [0.29, 0.717) is 32.1 Å². The highest BCUT2D eigenvalue weighted by molar-refractivity contribution is 5.91. The number of nitrogens with zero attached hydrogens (tertiary/aromatic N) is 4. The molecule has 0 atom stereocenters. The van der Waals surface area contributed by atoms with Crippen LogP contribution < -0.4 is 4.90 Å². The quantitative estimate of drug-likeness (QED) is 0.694. The standard InChI is InChI=1S/C17H15F3N4O2/c1-10-22-13-12(17(18,19)20)14(11-4-2-3-5-21-11)26-15(13)16(23-10)24-6-8-25-9-7-24/h2-5H,6-9H2,1H3. The minimum atomic E-state index is -4.64. The summed E-state index contributed by atoms with van der Waals surface area (Å²) in [5.74, 6) is 0.254. The van der Waals surface area contributed by atoms with Crippen molar-refractivity contribution in [2.24, 2.45) is 0 Å². The number of pyridine rings is 1. The molecule has 3 aromatic rings. The first-order valence-corrected chi connectivity index (χ1v) is 8.07. The van der Waals surface area contributed by atoms with Crippen molar-refractivity contribution in [3.8, 4) is 11.5 Å². The van der Waals surface area contributed by atoms with Gasteiger partial charge < -0.3 is 14.1 Å². The maximum Gasteiger partial charge on any atom is 0.422 e. The summed E-state index contributed by atoms with van der Waals surface area (Å²) in [4.78, 5) is 14.2. The monoisotopic (exact) mass is 364 g/mol. The molecular formula is C17H15F3N4O2. The largest absolute Gasteiger partial charge is 0.448 e. The Morgan fingerprint density at radius 2 is 1.88 bits per heavy atom. The van der Waals surface area contributed by atoms with Crippen LogP contribution in [-0.2, 0) is 10.9 Å². The van der Waals surface area contributed by atoms with Gasteiger partial charge in [0.15, 0.2) is 17.2 Å². The number of hydrogen-bond donors (Lipinski definition) is 0. The summed E-state index contributed by atoms with van der Waals surface area (Å²) in [6.45, 7) is 3.56. The zero-order chi connectivity index (χ0) is 18.3. The molecule has 1 aliphatic rings. The second-order valence-electron chi connectivity index (χ2n) is 5.89. The molecule has 1 aliphatic heterocycles. The van der Waals surface area contributed by atoms with Crippen molar-refractivity contribution < 1.29 is 22.3 Å². The fraction of sp³-hybridized carbons (Fsp3) is 0.353. The van der Waals surface area contributed by atoms with E-state index in [1.807, 2.05) is 4.90 Å². The van der Waals surface area contributed by atoms with Crippen LogP contribution >= 0.6 is 0 Å². The Hall–Kier alpha value is -2.68. The van der Waals surface area contributed by atoms with E-state index < -0.39 is 11.7 Å².